The molecule has 0 unspecified atom stereocenters. The number of carbonyl (C=O) groups excluding carboxylic acids is 2. The molecule has 1 rings (SSSR count). The van der Waals surface area contributed by atoms with Gasteiger partial charge in [0.2, 0.25) is 5.91 Å². The highest BCUT2D eigenvalue weighted by molar-refractivity contribution is 8.04. The Morgan fingerprint density at radius 1 is 1.77 bits per heavy atom. The van der Waals surface area contributed by atoms with Crippen molar-refractivity contribution in [3.8, 4) is 0 Å². The van der Waals surface area contributed by atoms with Crippen LogP contribution in [-0.2, 0) is 14.3 Å². The first-order valence-electron chi connectivity index (χ1n) is 3.93. The summed E-state index contributed by atoms with van der Waals surface area (Å²) in [5, 5.41) is 0.656. The summed E-state index contributed by atoms with van der Waals surface area (Å²) in [7, 11) is 1.65. The van der Waals surface area contributed by atoms with Gasteiger partial charge in [-0.05, 0) is 6.92 Å². The lowest BCUT2D eigenvalue weighted by Crippen LogP contribution is -2.19. The van der Waals surface area contributed by atoms with Gasteiger partial charge in [-0.15, -0.1) is 0 Å². The number of rotatable bonds is 2. The molecule has 5 heteroatoms. The first-order valence-corrected chi connectivity index (χ1v) is 4.91. The van der Waals surface area contributed by atoms with Crippen LogP contribution >= 0.6 is 11.8 Å². The molecule has 0 aromatic carbocycles. The van der Waals surface area contributed by atoms with Crippen LogP contribution in [0.5, 0.6) is 0 Å². The van der Waals surface area contributed by atoms with E-state index in [-0.39, 0.29) is 5.91 Å². The second kappa shape index (κ2) is 4.32. The number of hydrogen-bond donors (Lipinski definition) is 0. The summed E-state index contributed by atoms with van der Waals surface area (Å²) in [6.45, 7) is 2.10. The summed E-state index contributed by atoms with van der Waals surface area (Å²) >= 11 is 1.35. The molecule has 0 aromatic rings. The fraction of sp³-hybridized carbons (Fsp3) is 0.500. The van der Waals surface area contributed by atoms with Crippen molar-refractivity contribution in [1.29, 1.82) is 0 Å². The number of thioether (sulfide) groups is 1. The van der Waals surface area contributed by atoms with E-state index in [2.05, 4.69) is 0 Å². The maximum Gasteiger partial charge on any atom is 0.333 e. The van der Waals surface area contributed by atoms with Crippen LogP contribution in [-0.4, -0.2) is 36.2 Å². The molecule has 1 aliphatic rings. The van der Waals surface area contributed by atoms with Gasteiger partial charge in [-0.2, -0.15) is 0 Å². The average molecular weight is 201 g/mol. The Balaban J connectivity index is 2.61. The number of carbonyl (C=O) groups is 2. The monoisotopic (exact) mass is 201 g/mol. The van der Waals surface area contributed by atoms with Crippen LogP contribution in [0.1, 0.15) is 6.92 Å². The van der Waals surface area contributed by atoms with E-state index in [9.17, 15) is 9.59 Å². The van der Waals surface area contributed by atoms with Crippen LogP contribution in [0.2, 0.25) is 0 Å². The Bertz CT molecular complexity index is 262. The topological polar surface area (TPSA) is 46.6 Å². The van der Waals surface area contributed by atoms with Crippen molar-refractivity contribution < 1.29 is 14.3 Å². The van der Waals surface area contributed by atoms with E-state index in [1.54, 1.807) is 14.0 Å². The fourth-order valence-corrected chi connectivity index (χ4v) is 1.82. The van der Waals surface area contributed by atoms with E-state index < -0.39 is 5.97 Å². The van der Waals surface area contributed by atoms with Crippen LogP contribution < -0.4 is 0 Å². The van der Waals surface area contributed by atoms with Crippen molar-refractivity contribution in [2.24, 2.45) is 0 Å². The van der Waals surface area contributed by atoms with Crippen molar-refractivity contribution in [2.45, 2.75) is 6.92 Å². The van der Waals surface area contributed by atoms with Gasteiger partial charge in [0.1, 0.15) is 0 Å². The zero-order valence-electron chi connectivity index (χ0n) is 7.57. The van der Waals surface area contributed by atoms with Gasteiger partial charge in [0, 0.05) is 7.05 Å². The second-order valence-corrected chi connectivity index (χ2v) is 3.47. The first kappa shape index (κ1) is 10.1. The summed E-state index contributed by atoms with van der Waals surface area (Å²) in [6.07, 6.45) is 1.35. The minimum Gasteiger partial charge on any atom is -0.463 e. The minimum atomic E-state index is -0.397. The zero-order valence-corrected chi connectivity index (χ0v) is 8.39. The highest BCUT2D eigenvalue weighted by Gasteiger charge is 2.23. The van der Waals surface area contributed by atoms with E-state index in [1.165, 1.54) is 22.7 Å². The number of esters is 1. The van der Waals surface area contributed by atoms with Crippen LogP contribution in [0.25, 0.3) is 0 Å². The fourth-order valence-electron chi connectivity index (χ4n) is 0.875. The Hall–Kier alpha value is -0.970. The van der Waals surface area contributed by atoms with Crippen LogP contribution in [0, 0.1) is 0 Å². The predicted molar refractivity (Wildman–Crippen MR) is 49.9 cm³/mol. The van der Waals surface area contributed by atoms with Crippen molar-refractivity contribution in [3.05, 3.63) is 11.1 Å². The molecular formula is C8H11NO3S. The number of amides is 1. The summed E-state index contributed by atoms with van der Waals surface area (Å²) in [5.74, 6) is 0.0222. The van der Waals surface area contributed by atoms with Gasteiger partial charge >= 0.3 is 5.97 Å². The maximum atomic E-state index is 11.0. The Morgan fingerprint density at radius 3 is 2.92 bits per heavy atom. The van der Waals surface area contributed by atoms with Gasteiger partial charge in [-0.3, -0.25) is 4.79 Å². The Labute approximate surface area is 80.9 Å². The first-order chi connectivity index (χ1) is 6.15. The third-order valence-corrected chi connectivity index (χ3v) is 2.65. The van der Waals surface area contributed by atoms with Gasteiger partial charge < -0.3 is 9.64 Å². The third kappa shape index (κ3) is 2.48. The van der Waals surface area contributed by atoms with Gasteiger partial charge in [0.05, 0.1) is 23.5 Å². The van der Waals surface area contributed by atoms with Gasteiger partial charge in [-0.25, -0.2) is 4.79 Å². The molecule has 0 saturated carbocycles. The predicted octanol–water partition coefficient (Wildman–Crippen LogP) is 0.596. The quantitative estimate of drug-likeness (QED) is 0.485. The van der Waals surface area contributed by atoms with E-state index >= 15 is 0 Å². The summed E-state index contributed by atoms with van der Waals surface area (Å²) in [6, 6.07) is 0. The lowest BCUT2D eigenvalue weighted by Gasteiger charge is -2.08. The number of hydrogen-bond acceptors (Lipinski definition) is 4. The van der Waals surface area contributed by atoms with Crippen molar-refractivity contribution in [3.63, 3.8) is 0 Å². The lowest BCUT2D eigenvalue weighted by molar-refractivity contribution is -0.137. The van der Waals surface area contributed by atoms with E-state index in [1.807, 2.05) is 0 Å². The molecule has 1 fully saturated rings. The molecule has 0 atom stereocenters. The molecule has 0 radical (unpaired) electrons. The molecule has 0 N–H and O–H groups in total. The molecule has 0 aromatic heterocycles. The summed E-state index contributed by atoms with van der Waals surface area (Å²) in [5.41, 5.74) is 0. The molecule has 4 nitrogen and oxygen atoms in total. The lowest BCUT2D eigenvalue weighted by atomic mass is 10.5. The number of ether oxygens (including phenoxy) is 1. The molecule has 72 valence electrons. The van der Waals surface area contributed by atoms with Crippen molar-refractivity contribution in [2.75, 3.05) is 19.4 Å². The third-order valence-electron chi connectivity index (χ3n) is 1.58. The SMILES string of the molecule is CCOC(=O)/C=C1\SCC(=O)N1C. The molecule has 1 heterocycles. The minimum absolute atomic E-state index is 0.0144. The molecule has 0 bridgehead atoms. The molecule has 1 amide bonds. The van der Waals surface area contributed by atoms with Crippen LogP contribution in [0.3, 0.4) is 0 Å². The molecule has 1 aliphatic heterocycles. The summed E-state index contributed by atoms with van der Waals surface area (Å²) < 4.78 is 4.72. The van der Waals surface area contributed by atoms with Crippen molar-refractivity contribution >= 4 is 23.6 Å². The Morgan fingerprint density at radius 2 is 2.46 bits per heavy atom. The maximum absolute atomic E-state index is 11.0. The van der Waals surface area contributed by atoms with Crippen LogP contribution in [0.15, 0.2) is 11.1 Å². The van der Waals surface area contributed by atoms with Gasteiger partial charge in [0.25, 0.3) is 0 Å². The van der Waals surface area contributed by atoms with Crippen LogP contribution in [0.4, 0.5) is 0 Å². The highest BCUT2D eigenvalue weighted by Crippen LogP contribution is 2.26. The van der Waals surface area contributed by atoms with E-state index in [0.29, 0.717) is 17.4 Å². The largest absolute Gasteiger partial charge is 0.463 e. The van der Waals surface area contributed by atoms with Crippen molar-refractivity contribution in [1.82, 2.24) is 4.90 Å². The zero-order chi connectivity index (χ0) is 9.84. The van der Waals surface area contributed by atoms with Gasteiger partial charge in [0.15, 0.2) is 0 Å². The molecule has 0 aliphatic carbocycles. The Kier molecular flexibility index (Phi) is 3.36. The van der Waals surface area contributed by atoms with E-state index in [0.717, 1.165) is 0 Å². The number of nitrogens with zero attached hydrogens (tertiary/aromatic N) is 1. The standard InChI is InChI=1S/C8H11NO3S/c1-3-12-8(11)4-7-9(2)6(10)5-13-7/h4H,3,5H2,1-2H3/b7-4-. The molecule has 1 saturated heterocycles. The molecule has 0 spiro atoms. The molecule has 13 heavy (non-hydrogen) atoms. The average Bonchev–Trinajstić information content (AvgIpc) is 2.37. The molecular weight excluding hydrogens is 190 g/mol. The van der Waals surface area contributed by atoms with E-state index in [4.69, 9.17) is 4.74 Å². The van der Waals surface area contributed by atoms with Gasteiger partial charge in [-0.1, -0.05) is 11.8 Å². The highest BCUT2D eigenvalue weighted by atomic mass is 32.2. The summed E-state index contributed by atoms with van der Waals surface area (Å²) in [4.78, 5) is 23.5. The normalized spacial score (nSPS) is 19.7. The smallest absolute Gasteiger partial charge is 0.333 e. The second-order valence-electron chi connectivity index (χ2n) is 2.48.